The number of carbonyl (C=O) groups excluding carboxylic acids is 1. The van der Waals surface area contributed by atoms with Gasteiger partial charge in [0.05, 0.1) is 0 Å². The molecule has 1 heterocycles. The van der Waals surface area contributed by atoms with Crippen LogP contribution in [0, 0.1) is 11.7 Å². The Morgan fingerprint density at radius 2 is 2.35 bits per heavy atom. The van der Waals surface area contributed by atoms with E-state index in [1.807, 2.05) is 4.90 Å². The molecule has 2 nitrogen and oxygen atoms in total. The first kappa shape index (κ1) is 12.6. The third-order valence-corrected chi connectivity index (χ3v) is 4.01. The van der Waals surface area contributed by atoms with E-state index in [-0.39, 0.29) is 11.7 Å². The van der Waals surface area contributed by atoms with Crippen molar-refractivity contribution in [2.24, 2.45) is 5.92 Å². The molecule has 1 aromatic carbocycles. The summed E-state index contributed by atoms with van der Waals surface area (Å²) in [6.45, 7) is 1.54. The molecule has 1 saturated heterocycles. The molecule has 2 rings (SSSR count). The van der Waals surface area contributed by atoms with E-state index in [0.717, 1.165) is 31.3 Å². The summed E-state index contributed by atoms with van der Waals surface area (Å²) in [5, 5.41) is 0.917. The van der Waals surface area contributed by atoms with Crippen molar-refractivity contribution in [1.29, 1.82) is 0 Å². The molecule has 1 atom stereocenters. The fraction of sp³-hybridized carbons (Fsp3) is 0.462. The summed E-state index contributed by atoms with van der Waals surface area (Å²) in [6, 6.07) is 5.91. The number of benzene rings is 1. The molecule has 0 N–H and O–H groups in total. The van der Waals surface area contributed by atoms with Crippen LogP contribution in [-0.4, -0.2) is 29.2 Å². The van der Waals surface area contributed by atoms with Crippen LogP contribution in [0.15, 0.2) is 24.3 Å². The summed E-state index contributed by atoms with van der Waals surface area (Å²) in [7, 11) is 0. The molecule has 1 aliphatic heterocycles. The van der Waals surface area contributed by atoms with Crippen molar-refractivity contribution in [3.05, 3.63) is 35.6 Å². The number of likely N-dealkylation sites (tertiary alicyclic amines) is 1. The van der Waals surface area contributed by atoms with E-state index in [1.54, 1.807) is 12.1 Å². The molecule has 0 saturated carbocycles. The van der Waals surface area contributed by atoms with E-state index in [9.17, 15) is 9.18 Å². The van der Waals surface area contributed by atoms with Gasteiger partial charge in [-0.1, -0.05) is 22.0 Å². The fourth-order valence-electron chi connectivity index (χ4n) is 2.18. The lowest BCUT2D eigenvalue weighted by Gasteiger charge is -2.32. The van der Waals surface area contributed by atoms with Gasteiger partial charge in [-0.05, 0) is 37.0 Å². The molecule has 1 unspecified atom stereocenters. The Hall–Kier alpha value is -0.900. The van der Waals surface area contributed by atoms with Crippen LogP contribution in [0.4, 0.5) is 4.39 Å². The van der Waals surface area contributed by atoms with Crippen molar-refractivity contribution in [2.75, 3.05) is 18.4 Å². The molecular formula is C13H15BrFNO. The van der Waals surface area contributed by atoms with Gasteiger partial charge in [0.1, 0.15) is 5.82 Å². The Bertz CT molecular complexity index is 410. The highest BCUT2D eigenvalue weighted by atomic mass is 79.9. The van der Waals surface area contributed by atoms with Gasteiger partial charge >= 0.3 is 0 Å². The third kappa shape index (κ3) is 3.06. The normalized spacial score (nSPS) is 20.4. The van der Waals surface area contributed by atoms with E-state index in [2.05, 4.69) is 15.9 Å². The van der Waals surface area contributed by atoms with Crippen molar-refractivity contribution in [1.82, 2.24) is 4.90 Å². The van der Waals surface area contributed by atoms with Gasteiger partial charge in [-0.2, -0.15) is 0 Å². The number of hydrogen-bond donors (Lipinski definition) is 0. The largest absolute Gasteiger partial charge is 0.338 e. The first-order valence-corrected chi connectivity index (χ1v) is 6.93. The number of nitrogens with zero attached hydrogens (tertiary/aromatic N) is 1. The molecule has 0 radical (unpaired) electrons. The number of alkyl halides is 1. The monoisotopic (exact) mass is 299 g/mol. The van der Waals surface area contributed by atoms with Gasteiger partial charge < -0.3 is 4.90 Å². The maximum absolute atomic E-state index is 13.1. The minimum atomic E-state index is -0.357. The highest BCUT2D eigenvalue weighted by Gasteiger charge is 2.23. The van der Waals surface area contributed by atoms with E-state index in [4.69, 9.17) is 0 Å². The molecule has 0 spiro atoms. The van der Waals surface area contributed by atoms with E-state index < -0.39 is 0 Å². The van der Waals surface area contributed by atoms with E-state index >= 15 is 0 Å². The van der Waals surface area contributed by atoms with Crippen molar-refractivity contribution >= 4 is 21.8 Å². The lowest BCUT2D eigenvalue weighted by Crippen LogP contribution is -2.40. The average Bonchev–Trinajstić information content (AvgIpc) is 2.38. The standard InChI is InChI=1S/C13H15BrFNO/c14-8-10-3-2-6-16(9-10)13(17)11-4-1-5-12(15)7-11/h1,4-5,7,10H,2-3,6,8-9H2. The van der Waals surface area contributed by atoms with Gasteiger partial charge in [-0.25, -0.2) is 4.39 Å². The Morgan fingerprint density at radius 1 is 1.53 bits per heavy atom. The second-order valence-corrected chi connectivity index (χ2v) is 5.07. The van der Waals surface area contributed by atoms with Crippen molar-refractivity contribution in [2.45, 2.75) is 12.8 Å². The Kier molecular flexibility index (Phi) is 4.15. The van der Waals surface area contributed by atoms with Crippen LogP contribution in [0.25, 0.3) is 0 Å². The molecule has 1 aliphatic rings. The van der Waals surface area contributed by atoms with Crippen LogP contribution in [0.5, 0.6) is 0 Å². The average molecular weight is 300 g/mol. The van der Waals surface area contributed by atoms with Gasteiger partial charge in [-0.15, -0.1) is 0 Å². The zero-order valence-electron chi connectivity index (χ0n) is 9.53. The summed E-state index contributed by atoms with van der Waals surface area (Å²) in [5.74, 6) is 0.0984. The number of hydrogen-bond acceptors (Lipinski definition) is 1. The zero-order chi connectivity index (χ0) is 12.3. The Morgan fingerprint density at radius 3 is 3.06 bits per heavy atom. The molecule has 1 amide bonds. The minimum absolute atomic E-state index is 0.0600. The molecule has 1 fully saturated rings. The maximum Gasteiger partial charge on any atom is 0.253 e. The highest BCUT2D eigenvalue weighted by molar-refractivity contribution is 9.09. The van der Waals surface area contributed by atoms with Gasteiger partial charge in [-0.3, -0.25) is 4.79 Å². The molecular weight excluding hydrogens is 285 g/mol. The Balaban J connectivity index is 2.09. The van der Waals surface area contributed by atoms with Crippen molar-refractivity contribution < 1.29 is 9.18 Å². The summed E-state index contributed by atoms with van der Waals surface area (Å²) in [4.78, 5) is 14.0. The minimum Gasteiger partial charge on any atom is -0.338 e. The smallest absolute Gasteiger partial charge is 0.253 e. The zero-order valence-corrected chi connectivity index (χ0v) is 11.1. The topological polar surface area (TPSA) is 20.3 Å². The van der Waals surface area contributed by atoms with Crippen LogP contribution in [0.1, 0.15) is 23.2 Å². The summed E-state index contributed by atoms with van der Waals surface area (Å²) in [5.41, 5.74) is 0.445. The van der Waals surface area contributed by atoms with Gasteiger partial charge in [0, 0.05) is 24.0 Å². The molecule has 0 aliphatic carbocycles. The molecule has 17 heavy (non-hydrogen) atoms. The second kappa shape index (κ2) is 5.63. The van der Waals surface area contributed by atoms with E-state index in [1.165, 1.54) is 12.1 Å². The maximum atomic E-state index is 13.1. The number of piperidine rings is 1. The molecule has 0 bridgehead atoms. The van der Waals surface area contributed by atoms with E-state index in [0.29, 0.717) is 11.5 Å². The SMILES string of the molecule is O=C(c1cccc(F)c1)N1CCCC(CBr)C1. The first-order chi connectivity index (χ1) is 8.20. The van der Waals surface area contributed by atoms with Crippen LogP contribution in [0.2, 0.25) is 0 Å². The second-order valence-electron chi connectivity index (χ2n) is 4.42. The molecule has 0 aromatic heterocycles. The molecule has 4 heteroatoms. The number of rotatable bonds is 2. The first-order valence-electron chi connectivity index (χ1n) is 5.81. The van der Waals surface area contributed by atoms with Crippen molar-refractivity contribution in [3.63, 3.8) is 0 Å². The summed E-state index contributed by atoms with van der Waals surface area (Å²) in [6.07, 6.45) is 2.18. The third-order valence-electron chi connectivity index (χ3n) is 3.10. The van der Waals surface area contributed by atoms with Crippen molar-refractivity contribution in [3.8, 4) is 0 Å². The predicted octanol–water partition coefficient (Wildman–Crippen LogP) is 3.07. The quantitative estimate of drug-likeness (QED) is 0.769. The fourth-order valence-corrected chi connectivity index (χ4v) is 2.71. The highest BCUT2D eigenvalue weighted by Crippen LogP contribution is 2.20. The van der Waals surface area contributed by atoms with Crippen LogP contribution in [-0.2, 0) is 0 Å². The van der Waals surface area contributed by atoms with Crippen LogP contribution >= 0.6 is 15.9 Å². The molecule has 92 valence electrons. The van der Waals surface area contributed by atoms with Gasteiger partial charge in [0.2, 0.25) is 0 Å². The van der Waals surface area contributed by atoms with Crippen LogP contribution in [0.3, 0.4) is 0 Å². The van der Waals surface area contributed by atoms with Gasteiger partial charge in [0.15, 0.2) is 0 Å². The summed E-state index contributed by atoms with van der Waals surface area (Å²) < 4.78 is 13.1. The number of carbonyl (C=O) groups is 1. The van der Waals surface area contributed by atoms with Gasteiger partial charge in [0.25, 0.3) is 5.91 Å². The number of halogens is 2. The van der Waals surface area contributed by atoms with Crippen LogP contribution < -0.4 is 0 Å². The predicted molar refractivity (Wildman–Crippen MR) is 68.8 cm³/mol. The Labute approximate surface area is 109 Å². The summed E-state index contributed by atoms with van der Waals surface area (Å²) >= 11 is 3.46. The lowest BCUT2D eigenvalue weighted by atomic mass is 9.99. The number of amides is 1. The molecule has 1 aromatic rings. The lowest BCUT2D eigenvalue weighted by molar-refractivity contribution is 0.0685.